The predicted molar refractivity (Wildman–Crippen MR) is 73.9 cm³/mol. The molecule has 1 aromatic carbocycles. The molecule has 0 heterocycles. The lowest BCUT2D eigenvalue weighted by Crippen LogP contribution is -2.28. The molecule has 0 bridgehead atoms. The van der Waals surface area contributed by atoms with E-state index in [1.165, 1.54) is 0 Å². The lowest BCUT2D eigenvalue weighted by atomic mass is 10.1. The number of hydrogen-bond acceptors (Lipinski definition) is 3. The summed E-state index contributed by atoms with van der Waals surface area (Å²) in [6, 6.07) is 5.92. The first-order valence-corrected chi connectivity index (χ1v) is 6.18. The molecule has 17 heavy (non-hydrogen) atoms. The maximum atomic E-state index is 5.78. The Labute approximate surface area is 111 Å². The van der Waals surface area contributed by atoms with Crippen LogP contribution in [0.15, 0.2) is 22.7 Å². The predicted octanol–water partition coefficient (Wildman–Crippen LogP) is 2.07. The first-order valence-electron chi connectivity index (χ1n) is 5.39. The van der Waals surface area contributed by atoms with Crippen molar-refractivity contribution in [3.8, 4) is 17.6 Å². The zero-order chi connectivity index (χ0) is 12.7. The third-order valence-corrected chi connectivity index (χ3v) is 3.15. The Balaban J connectivity index is 2.88. The number of hydrogen-bond donors (Lipinski definition) is 2. The van der Waals surface area contributed by atoms with E-state index in [4.69, 9.17) is 10.5 Å². The summed E-state index contributed by atoms with van der Waals surface area (Å²) in [5.41, 5.74) is 6.86. The molecule has 1 rings (SSSR count). The molecule has 3 N–H and O–H groups in total. The average Bonchev–Trinajstić information content (AvgIpc) is 2.36. The highest BCUT2D eigenvalue weighted by atomic mass is 79.9. The number of ether oxygens (including phenoxy) is 1. The van der Waals surface area contributed by atoms with Gasteiger partial charge in [0.2, 0.25) is 0 Å². The van der Waals surface area contributed by atoms with Crippen molar-refractivity contribution in [3.05, 3.63) is 28.2 Å². The van der Waals surface area contributed by atoms with Crippen LogP contribution in [0.3, 0.4) is 0 Å². The normalized spacial score (nSPS) is 11.5. The summed E-state index contributed by atoms with van der Waals surface area (Å²) < 4.78 is 6.23. The maximum Gasteiger partial charge on any atom is 0.119 e. The molecule has 0 amide bonds. The van der Waals surface area contributed by atoms with Gasteiger partial charge in [0.25, 0.3) is 0 Å². The highest BCUT2D eigenvalue weighted by Gasteiger charge is 2.12. The fraction of sp³-hybridized carbons (Fsp3) is 0.385. The van der Waals surface area contributed by atoms with Crippen molar-refractivity contribution in [2.75, 3.05) is 20.2 Å². The Morgan fingerprint density at radius 2 is 2.29 bits per heavy atom. The van der Waals surface area contributed by atoms with Gasteiger partial charge in [-0.25, -0.2) is 0 Å². The van der Waals surface area contributed by atoms with Crippen molar-refractivity contribution in [2.24, 2.45) is 5.73 Å². The van der Waals surface area contributed by atoms with Gasteiger partial charge in [0, 0.05) is 17.1 Å². The van der Waals surface area contributed by atoms with Crippen LogP contribution in [0.4, 0.5) is 0 Å². The topological polar surface area (TPSA) is 47.3 Å². The molecular formula is C13H17BrN2O. The molecule has 0 spiro atoms. The second-order valence-corrected chi connectivity index (χ2v) is 4.34. The molecule has 0 saturated heterocycles. The zero-order valence-electron chi connectivity index (χ0n) is 10.1. The Hall–Kier alpha value is -1.02. The van der Waals surface area contributed by atoms with Crippen molar-refractivity contribution in [2.45, 2.75) is 13.0 Å². The van der Waals surface area contributed by atoms with Gasteiger partial charge in [-0.1, -0.05) is 21.9 Å². The van der Waals surface area contributed by atoms with Crippen LogP contribution < -0.4 is 15.8 Å². The summed E-state index contributed by atoms with van der Waals surface area (Å²) in [6.07, 6.45) is 0. The number of rotatable bonds is 5. The van der Waals surface area contributed by atoms with Crippen LogP contribution in [0.1, 0.15) is 18.5 Å². The molecule has 1 atom stereocenters. The van der Waals surface area contributed by atoms with Gasteiger partial charge in [-0.3, -0.25) is 5.32 Å². The Morgan fingerprint density at radius 3 is 2.88 bits per heavy atom. The lowest BCUT2D eigenvalue weighted by molar-refractivity contribution is 0.413. The van der Waals surface area contributed by atoms with Crippen molar-refractivity contribution < 1.29 is 4.74 Å². The number of nitrogens with two attached hydrogens (primary N) is 1. The van der Waals surface area contributed by atoms with Crippen molar-refractivity contribution in [1.82, 2.24) is 5.32 Å². The SMILES string of the molecule is CC#CCNC(CN)c1cc(OC)ccc1Br. The van der Waals surface area contributed by atoms with Crippen molar-refractivity contribution in [3.63, 3.8) is 0 Å². The second-order valence-electron chi connectivity index (χ2n) is 3.48. The zero-order valence-corrected chi connectivity index (χ0v) is 11.7. The van der Waals surface area contributed by atoms with E-state index in [1.54, 1.807) is 7.11 Å². The molecule has 0 aliphatic heterocycles. The van der Waals surface area contributed by atoms with Crippen LogP contribution in [-0.2, 0) is 0 Å². The van der Waals surface area contributed by atoms with E-state index in [0.29, 0.717) is 13.1 Å². The van der Waals surface area contributed by atoms with Gasteiger partial charge in [0.15, 0.2) is 0 Å². The molecule has 0 aromatic heterocycles. The third-order valence-electron chi connectivity index (χ3n) is 2.43. The first-order chi connectivity index (χ1) is 8.22. The van der Waals surface area contributed by atoms with E-state index in [0.717, 1.165) is 15.8 Å². The molecule has 0 aliphatic carbocycles. The number of methoxy groups -OCH3 is 1. The van der Waals surface area contributed by atoms with Gasteiger partial charge in [-0.2, -0.15) is 0 Å². The van der Waals surface area contributed by atoms with Gasteiger partial charge in [-0.05, 0) is 30.7 Å². The molecule has 0 saturated carbocycles. The third kappa shape index (κ3) is 4.04. The van der Waals surface area contributed by atoms with Crippen molar-refractivity contribution in [1.29, 1.82) is 0 Å². The van der Waals surface area contributed by atoms with E-state index in [2.05, 4.69) is 33.1 Å². The molecule has 1 aromatic rings. The van der Waals surface area contributed by atoms with E-state index in [9.17, 15) is 0 Å². The monoisotopic (exact) mass is 296 g/mol. The Bertz CT molecular complexity index is 423. The van der Waals surface area contributed by atoms with E-state index in [1.807, 2.05) is 25.1 Å². The molecule has 4 heteroatoms. The van der Waals surface area contributed by atoms with Crippen LogP contribution in [-0.4, -0.2) is 20.2 Å². The van der Waals surface area contributed by atoms with Crippen molar-refractivity contribution >= 4 is 15.9 Å². The average molecular weight is 297 g/mol. The second kappa shape index (κ2) is 7.33. The minimum Gasteiger partial charge on any atom is -0.497 e. The van der Waals surface area contributed by atoms with Gasteiger partial charge in [0.1, 0.15) is 5.75 Å². The highest BCUT2D eigenvalue weighted by molar-refractivity contribution is 9.10. The standard InChI is InChI=1S/C13H17BrN2O/c1-3-4-7-16-13(9-15)11-8-10(17-2)5-6-12(11)14/h5-6,8,13,16H,7,9,15H2,1-2H3. The summed E-state index contributed by atoms with van der Waals surface area (Å²) >= 11 is 3.52. The summed E-state index contributed by atoms with van der Waals surface area (Å²) in [6.45, 7) is 2.96. The number of halogens is 1. The van der Waals surface area contributed by atoms with Crippen LogP contribution >= 0.6 is 15.9 Å². The summed E-state index contributed by atoms with van der Waals surface area (Å²) in [7, 11) is 1.65. The maximum absolute atomic E-state index is 5.78. The van der Waals surface area contributed by atoms with Crippen LogP contribution in [0.25, 0.3) is 0 Å². The quantitative estimate of drug-likeness (QED) is 0.818. The number of benzene rings is 1. The van der Waals surface area contributed by atoms with Crippen LogP contribution in [0, 0.1) is 11.8 Å². The summed E-state index contributed by atoms with van der Waals surface area (Å²) in [5, 5.41) is 3.29. The van der Waals surface area contributed by atoms with E-state index < -0.39 is 0 Å². The van der Waals surface area contributed by atoms with Gasteiger partial charge >= 0.3 is 0 Å². The Kier molecular flexibility index (Phi) is 6.06. The first kappa shape index (κ1) is 14.0. The molecule has 92 valence electrons. The van der Waals surface area contributed by atoms with Gasteiger partial charge in [-0.15, -0.1) is 5.92 Å². The van der Waals surface area contributed by atoms with Crippen LogP contribution in [0.5, 0.6) is 5.75 Å². The van der Waals surface area contributed by atoms with E-state index in [-0.39, 0.29) is 6.04 Å². The summed E-state index contributed by atoms with van der Waals surface area (Å²) in [4.78, 5) is 0. The molecule has 1 unspecified atom stereocenters. The van der Waals surface area contributed by atoms with Crippen LogP contribution in [0.2, 0.25) is 0 Å². The fourth-order valence-electron chi connectivity index (χ4n) is 1.50. The minimum atomic E-state index is 0.0697. The molecule has 0 fully saturated rings. The molecular weight excluding hydrogens is 280 g/mol. The highest BCUT2D eigenvalue weighted by Crippen LogP contribution is 2.27. The molecule has 0 aliphatic rings. The van der Waals surface area contributed by atoms with Gasteiger partial charge < -0.3 is 10.5 Å². The lowest BCUT2D eigenvalue weighted by Gasteiger charge is -2.18. The largest absolute Gasteiger partial charge is 0.497 e. The molecule has 3 nitrogen and oxygen atoms in total. The minimum absolute atomic E-state index is 0.0697. The van der Waals surface area contributed by atoms with Gasteiger partial charge in [0.05, 0.1) is 13.7 Å². The Morgan fingerprint density at radius 1 is 1.53 bits per heavy atom. The van der Waals surface area contributed by atoms with E-state index >= 15 is 0 Å². The summed E-state index contributed by atoms with van der Waals surface area (Å²) in [5.74, 6) is 6.64. The molecule has 0 radical (unpaired) electrons. The smallest absolute Gasteiger partial charge is 0.119 e. The fourth-order valence-corrected chi connectivity index (χ4v) is 2.02. The number of nitrogens with one attached hydrogen (secondary N) is 1.